The monoisotopic (exact) mass is 241 g/mol. The molecule has 1 rings (SSSR count). The molecule has 0 aliphatic carbocycles. The fraction of sp³-hybridized carbons (Fsp3) is 0.462. The second kappa shape index (κ2) is 5.36. The lowest BCUT2D eigenvalue weighted by molar-refractivity contribution is 0.0962. The molecule has 2 N–H and O–H groups in total. The molecule has 0 saturated carbocycles. The molecule has 1 atom stereocenters. The summed E-state index contributed by atoms with van der Waals surface area (Å²) >= 11 is 0. The highest BCUT2D eigenvalue weighted by Crippen LogP contribution is 2.18. The molecule has 0 spiro atoms. The van der Waals surface area contributed by atoms with Crippen LogP contribution in [-0.2, 0) is 0 Å². The molecular weight excluding hydrogens is 224 g/mol. The van der Waals surface area contributed by atoms with Crippen LogP contribution in [0.5, 0.6) is 0 Å². The zero-order valence-electron chi connectivity index (χ0n) is 10.3. The predicted molar refractivity (Wildman–Crippen MR) is 62.9 cm³/mol. The van der Waals surface area contributed by atoms with Gasteiger partial charge in [-0.15, -0.1) is 0 Å². The minimum atomic E-state index is -1.08. The van der Waals surface area contributed by atoms with E-state index in [1.54, 1.807) is 0 Å². The quantitative estimate of drug-likeness (QED) is 0.824. The smallest absolute Gasteiger partial charge is 0.169 e. The first-order valence-electron chi connectivity index (χ1n) is 5.58. The van der Waals surface area contributed by atoms with Crippen LogP contribution in [0.4, 0.5) is 8.78 Å². The highest BCUT2D eigenvalue weighted by atomic mass is 19.2. The van der Waals surface area contributed by atoms with Gasteiger partial charge in [-0.3, -0.25) is 4.79 Å². The second-order valence-electron chi connectivity index (χ2n) is 4.59. The zero-order valence-corrected chi connectivity index (χ0v) is 10.3. The van der Waals surface area contributed by atoms with Gasteiger partial charge in [0.25, 0.3) is 0 Å². The summed E-state index contributed by atoms with van der Waals surface area (Å²) in [7, 11) is 0. The van der Waals surface area contributed by atoms with Crippen molar-refractivity contribution >= 4 is 5.78 Å². The fourth-order valence-electron chi connectivity index (χ4n) is 1.42. The zero-order chi connectivity index (χ0) is 13.2. The summed E-state index contributed by atoms with van der Waals surface area (Å²) in [5, 5.41) is 0. The number of benzene rings is 1. The van der Waals surface area contributed by atoms with Crippen LogP contribution in [0.2, 0.25) is 0 Å². The van der Waals surface area contributed by atoms with Crippen molar-refractivity contribution in [3.8, 4) is 0 Å². The van der Waals surface area contributed by atoms with Gasteiger partial charge in [-0.25, -0.2) is 8.78 Å². The topological polar surface area (TPSA) is 43.1 Å². The maximum Gasteiger partial charge on any atom is 0.169 e. The van der Waals surface area contributed by atoms with E-state index in [9.17, 15) is 13.6 Å². The highest BCUT2D eigenvalue weighted by molar-refractivity contribution is 5.96. The molecule has 17 heavy (non-hydrogen) atoms. The van der Waals surface area contributed by atoms with Gasteiger partial charge < -0.3 is 5.73 Å². The second-order valence-corrected chi connectivity index (χ2v) is 4.59. The number of carbonyl (C=O) groups excluding carboxylic acids is 1. The number of Topliss-reactive ketones (excluding diaryl/α,β-unsaturated/α-hetero) is 1. The third kappa shape index (κ3) is 3.09. The molecule has 2 nitrogen and oxygen atoms in total. The van der Waals surface area contributed by atoms with E-state index >= 15 is 0 Å². The number of ketones is 1. The molecule has 4 heteroatoms. The van der Waals surface area contributed by atoms with Gasteiger partial charge in [-0.05, 0) is 24.5 Å². The number of halogens is 2. The van der Waals surface area contributed by atoms with Gasteiger partial charge in [0.1, 0.15) is 0 Å². The van der Waals surface area contributed by atoms with Crippen LogP contribution in [0.3, 0.4) is 0 Å². The molecule has 0 aliphatic heterocycles. The van der Waals surface area contributed by atoms with E-state index in [0.717, 1.165) is 0 Å². The van der Waals surface area contributed by atoms with Gasteiger partial charge in [-0.1, -0.05) is 19.9 Å². The van der Waals surface area contributed by atoms with Crippen LogP contribution in [0.15, 0.2) is 12.1 Å². The van der Waals surface area contributed by atoms with Gasteiger partial charge in [0.05, 0.1) is 5.56 Å². The maximum absolute atomic E-state index is 13.5. The standard InChI is InChI=1S/C13H17F2NO/c1-7(2)10(16)6-11(17)9-5-4-8(3)12(14)13(9)15/h4-5,7,10H,6,16H2,1-3H3. The molecule has 0 saturated heterocycles. The highest BCUT2D eigenvalue weighted by Gasteiger charge is 2.20. The van der Waals surface area contributed by atoms with Crippen molar-refractivity contribution < 1.29 is 13.6 Å². The van der Waals surface area contributed by atoms with E-state index in [0.29, 0.717) is 0 Å². The van der Waals surface area contributed by atoms with Gasteiger partial charge in [0.15, 0.2) is 17.4 Å². The van der Waals surface area contributed by atoms with E-state index in [4.69, 9.17) is 5.73 Å². The molecule has 0 heterocycles. The Kier molecular flexibility index (Phi) is 4.34. The predicted octanol–water partition coefficient (Wildman–Crippen LogP) is 2.83. The number of hydrogen-bond acceptors (Lipinski definition) is 2. The molecule has 1 aromatic carbocycles. The van der Waals surface area contributed by atoms with Crippen LogP contribution in [0, 0.1) is 24.5 Å². The minimum absolute atomic E-state index is 0.0249. The summed E-state index contributed by atoms with van der Waals surface area (Å²) in [6, 6.07) is 2.36. The van der Waals surface area contributed by atoms with Crippen LogP contribution in [0.25, 0.3) is 0 Å². The molecular formula is C13H17F2NO. The molecule has 1 unspecified atom stereocenters. The summed E-state index contributed by atoms with van der Waals surface area (Å²) in [6.07, 6.45) is 0.0249. The van der Waals surface area contributed by atoms with Crippen molar-refractivity contribution in [3.05, 3.63) is 34.9 Å². The van der Waals surface area contributed by atoms with Gasteiger partial charge in [0.2, 0.25) is 0 Å². The van der Waals surface area contributed by atoms with Crippen molar-refractivity contribution in [2.75, 3.05) is 0 Å². The van der Waals surface area contributed by atoms with Gasteiger partial charge in [0, 0.05) is 12.5 Å². The Bertz CT molecular complexity index is 430. The molecule has 0 radical (unpaired) electrons. The Morgan fingerprint density at radius 1 is 1.29 bits per heavy atom. The van der Waals surface area contributed by atoms with Crippen molar-refractivity contribution in [1.82, 2.24) is 0 Å². The van der Waals surface area contributed by atoms with Crippen molar-refractivity contribution in [3.63, 3.8) is 0 Å². The summed E-state index contributed by atoms with van der Waals surface area (Å²) in [6.45, 7) is 5.21. The minimum Gasteiger partial charge on any atom is -0.327 e. The Balaban J connectivity index is 2.94. The number of aryl methyl sites for hydroxylation is 1. The van der Waals surface area contributed by atoms with E-state index < -0.39 is 17.4 Å². The first-order chi connectivity index (χ1) is 7.84. The van der Waals surface area contributed by atoms with Gasteiger partial charge >= 0.3 is 0 Å². The number of hydrogen-bond donors (Lipinski definition) is 1. The van der Waals surface area contributed by atoms with Crippen molar-refractivity contribution in [2.24, 2.45) is 11.7 Å². The Labute approximate surface area is 99.8 Å². The lowest BCUT2D eigenvalue weighted by Crippen LogP contribution is -2.29. The largest absolute Gasteiger partial charge is 0.327 e. The van der Waals surface area contributed by atoms with E-state index in [-0.39, 0.29) is 29.5 Å². The molecule has 0 bridgehead atoms. The van der Waals surface area contributed by atoms with E-state index in [2.05, 4.69) is 0 Å². The third-order valence-corrected chi connectivity index (χ3v) is 2.85. The van der Waals surface area contributed by atoms with Crippen LogP contribution in [-0.4, -0.2) is 11.8 Å². The first kappa shape index (κ1) is 13.8. The molecule has 0 fully saturated rings. The summed E-state index contributed by atoms with van der Waals surface area (Å²) in [5.74, 6) is -2.38. The molecule has 1 aromatic rings. The molecule has 0 aliphatic rings. The number of rotatable bonds is 4. The Morgan fingerprint density at radius 2 is 1.88 bits per heavy atom. The average Bonchev–Trinajstić information content (AvgIpc) is 2.25. The summed E-state index contributed by atoms with van der Waals surface area (Å²) in [5.41, 5.74) is 5.70. The fourth-order valence-corrected chi connectivity index (χ4v) is 1.42. The lowest BCUT2D eigenvalue weighted by Gasteiger charge is -2.14. The van der Waals surface area contributed by atoms with Crippen LogP contribution in [0.1, 0.15) is 36.2 Å². The van der Waals surface area contributed by atoms with Crippen LogP contribution >= 0.6 is 0 Å². The summed E-state index contributed by atoms with van der Waals surface area (Å²) in [4.78, 5) is 11.8. The molecule has 0 aromatic heterocycles. The van der Waals surface area contributed by atoms with E-state index in [1.165, 1.54) is 19.1 Å². The Morgan fingerprint density at radius 3 is 2.41 bits per heavy atom. The van der Waals surface area contributed by atoms with Crippen LogP contribution < -0.4 is 5.73 Å². The molecule has 0 amide bonds. The normalized spacial score (nSPS) is 12.9. The number of nitrogens with two attached hydrogens (primary N) is 1. The average molecular weight is 241 g/mol. The van der Waals surface area contributed by atoms with Gasteiger partial charge in [-0.2, -0.15) is 0 Å². The number of carbonyl (C=O) groups is 1. The lowest BCUT2D eigenvalue weighted by atomic mass is 9.96. The first-order valence-corrected chi connectivity index (χ1v) is 5.58. The summed E-state index contributed by atoms with van der Waals surface area (Å²) < 4.78 is 26.8. The Hall–Kier alpha value is -1.29. The molecule has 94 valence electrons. The maximum atomic E-state index is 13.5. The van der Waals surface area contributed by atoms with E-state index in [1.807, 2.05) is 13.8 Å². The van der Waals surface area contributed by atoms with Crippen molar-refractivity contribution in [2.45, 2.75) is 33.2 Å². The van der Waals surface area contributed by atoms with Crippen molar-refractivity contribution in [1.29, 1.82) is 0 Å². The SMILES string of the molecule is Cc1ccc(C(=O)CC(N)C(C)C)c(F)c1F. The third-order valence-electron chi connectivity index (χ3n) is 2.85.